The zero-order valence-electron chi connectivity index (χ0n) is 7.92. The first kappa shape index (κ1) is 11.2. The number of carbonyl (C=O) groups is 1. The van der Waals surface area contributed by atoms with Crippen molar-refractivity contribution >= 4 is 5.78 Å². The van der Waals surface area contributed by atoms with Crippen LogP contribution in [0.4, 0.5) is 0 Å². The number of aliphatic hydroxyl groups excluding tert-OH is 1. The van der Waals surface area contributed by atoms with E-state index in [1.165, 1.54) is 0 Å². The topological polar surface area (TPSA) is 37.3 Å². The summed E-state index contributed by atoms with van der Waals surface area (Å²) in [6.07, 6.45) is 0.0999. The summed E-state index contributed by atoms with van der Waals surface area (Å²) in [5.74, 6) is 5.40. The SMILES string of the molecule is CC#CCCC(=O)C(O)C(C)C. The zero-order chi connectivity index (χ0) is 9.56. The van der Waals surface area contributed by atoms with Crippen molar-refractivity contribution < 1.29 is 9.90 Å². The summed E-state index contributed by atoms with van der Waals surface area (Å²) in [5, 5.41) is 9.30. The van der Waals surface area contributed by atoms with Crippen molar-refractivity contribution in [2.45, 2.75) is 39.7 Å². The van der Waals surface area contributed by atoms with Crippen LogP contribution >= 0.6 is 0 Å². The monoisotopic (exact) mass is 168 g/mol. The Kier molecular flexibility index (Phi) is 5.40. The minimum absolute atomic E-state index is 0.00656. The number of ketones is 1. The number of hydrogen-bond donors (Lipinski definition) is 1. The van der Waals surface area contributed by atoms with Crippen LogP contribution in [0.2, 0.25) is 0 Å². The Morgan fingerprint density at radius 2 is 2.08 bits per heavy atom. The highest BCUT2D eigenvalue weighted by Crippen LogP contribution is 2.05. The molecule has 0 aromatic rings. The first-order valence-electron chi connectivity index (χ1n) is 4.20. The van der Waals surface area contributed by atoms with E-state index in [2.05, 4.69) is 11.8 Å². The van der Waals surface area contributed by atoms with Crippen molar-refractivity contribution in [2.75, 3.05) is 0 Å². The molecule has 0 spiro atoms. The highest BCUT2D eigenvalue weighted by Gasteiger charge is 2.17. The van der Waals surface area contributed by atoms with E-state index in [0.29, 0.717) is 12.8 Å². The highest BCUT2D eigenvalue weighted by atomic mass is 16.3. The standard InChI is InChI=1S/C10H16O2/c1-4-5-6-7-9(11)10(12)8(2)3/h8,10,12H,6-7H2,1-3H3. The molecule has 2 heteroatoms. The van der Waals surface area contributed by atoms with E-state index in [1.807, 2.05) is 13.8 Å². The average molecular weight is 168 g/mol. The second-order valence-corrected chi connectivity index (χ2v) is 3.08. The molecule has 0 aliphatic heterocycles. The van der Waals surface area contributed by atoms with E-state index in [0.717, 1.165) is 0 Å². The van der Waals surface area contributed by atoms with Gasteiger partial charge in [-0.15, -0.1) is 11.8 Å². The second-order valence-electron chi connectivity index (χ2n) is 3.08. The van der Waals surface area contributed by atoms with Crippen LogP contribution in [0.1, 0.15) is 33.6 Å². The Morgan fingerprint density at radius 1 is 1.50 bits per heavy atom. The van der Waals surface area contributed by atoms with Gasteiger partial charge in [0, 0.05) is 12.8 Å². The quantitative estimate of drug-likeness (QED) is 0.644. The van der Waals surface area contributed by atoms with Gasteiger partial charge in [0.15, 0.2) is 5.78 Å². The number of hydrogen-bond acceptors (Lipinski definition) is 2. The Hall–Kier alpha value is -0.810. The third kappa shape index (κ3) is 4.15. The van der Waals surface area contributed by atoms with Crippen molar-refractivity contribution in [2.24, 2.45) is 5.92 Å². The first-order chi connectivity index (χ1) is 5.59. The van der Waals surface area contributed by atoms with Gasteiger partial charge in [-0.05, 0) is 12.8 Å². The van der Waals surface area contributed by atoms with E-state index in [1.54, 1.807) is 6.92 Å². The Balaban J connectivity index is 3.77. The van der Waals surface area contributed by atoms with Crippen LogP contribution < -0.4 is 0 Å². The van der Waals surface area contributed by atoms with Crippen molar-refractivity contribution in [3.05, 3.63) is 0 Å². The van der Waals surface area contributed by atoms with Gasteiger partial charge >= 0.3 is 0 Å². The van der Waals surface area contributed by atoms with E-state index < -0.39 is 6.10 Å². The number of Topliss-reactive ketones (excluding diaryl/α,β-unsaturated/α-hetero) is 1. The fraction of sp³-hybridized carbons (Fsp3) is 0.700. The van der Waals surface area contributed by atoms with Gasteiger partial charge in [-0.25, -0.2) is 0 Å². The molecule has 1 N–H and O–H groups in total. The zero-order valence-corrected chi connectivity index (χ0v) is 7.92. The lowest BCUT2D eigenvalue weighted by Gasteiger charge is -2.11. The maximum absolute atomic E-state index is 11.1. The molecule has 0 aromatic heterocycles. The van der Waals surface area contributed by atoms with Gasteiger partial charge in [0.25, 0.3) is 0 Å². The molecule has 0 aliphatic rings. The van der Waals surface area contributed by atoms with E-state index in [4.69, 9.17) is 0 Å². The summed E-state index contributed by atoms with van der Waals surface area (Å²) < 4.78 is 0. The lowest BCUT2D eigenvalue weighted by molar-refractivity contribution is -0.129. The van der Waals surface area contributed by atoms with Crippen LogP contribution in [0, 0.1) is 17.8 Å². The molecule has 0 aromatic carbocycles. The molecule has 12 heavy (non-hydrogen) atoms. The molecule has 0 fully saturated rings. The normalized spacial score (nSPS) is 12.1. The molecular formula is C10H16O2. The molecular weight excluding hydrogens is 152 g/mol. The molecule has 0 aliphatic carbocycles. The van der Waals surface area contributed by atoms with Crippen molar-refractivity contribution in [1.29, 1.82) is 0 Å². The molecule has 0 amide bonds. The Labute approximate surface area is 74.0 Å². The maximum Gasteiger partial charge on any atom is 0.162 e. The lowest BCUT2D eigenvalue weighted by atomic mass is 10.0. The van der Waals surface area contributed by atoms with Gasteiger partial charge < -0.3 is 5.11 Å². The third-order valence-electron chi connectivity index (χ3n) is 1.63. The second kappa shape index (κ2) is 5.79. The molecule has 68 valence electrons. The van der Waals surface area contributed by atoms with E-state index >= 15 is 0 Å². The van der Waals surface area contributed by atoms with Crippen LogP contribution in [-0.2, 0) is 4.79 Å². The van der Waals surface area contributed by atoms with Crippen molar-refractivity contribution in [1.82, 2.24) is 0 Å². The van der Waals surface area contributed by atoms with Gasteiger partial charge in [-0.2, -0.15) is 0 Å². The fourth-order valence-electron chi connectivity index (χ4n) is 0.830. The van der Waals surface area contributed by atoms with Gasteiger partial charge in [0.1, 0.15) is 6.10 Å². The largest absolute Gasteiger partial charge is 0.385 e. The van der Waals surface area contributed by atoms with E-state index in [-0.39, 0.29) is 11.7 Å². The third-order valence-corrected chi connectivity index (χ3v) is 1.63. The minimum atomic E-state index is -0.816. The van der Waals surface area contributed by atoms with Gasteiger partial charge in [0.2, 0.25) is 0 Å². The Morgan fingerprint density at radius 3 is 2.50 bits per heavy atom. The molecule has 0 radical (unpaired) electrons. The predicted octanol–water partition coefficient (Wildman–Crippen LogP) is 1.38. The first-order valence-corrected chi connectivity index (χ1v) is 4.20. The summed E-state index contributed by atoms with van der Waals surface area (Å²) in [4.78, 5) is 11.1. The summed E-state index contributed by atoms with van der Waals surface area (Å²) in [5.41, 5.74) is 0. The number of rotatable bonds is 4. The van der Waals surface area contributed by atoms with Crippen molar-refractivity contribution in [3.8, 4) is 11.8 Å². The smallest absolute Gasteiger partial charge is 0.162 e. The highest BCUT2D eigenvalue weighted by molar-refractivity contribution is 5.83. The summed E-state index contributed by atoms with van der Waals surface area (Å²) in [6.45, 7) is 5.39. The maximum atomic E-state index is 11.1. The number of carbonyl (C=O) groups excluding carboxylic acids is 1. The summed E-state index contributed by atoms with van der Waals surface area (Å²) in [7, 11) is 0. The van der Waals surface area contributed by atoms with Crippen LogP contribution in [0.5, 0.6) is 0 Å². The molecule has 2 nitrogen and oxygen atoms in total. The molecule has 0 saturated heterocycles. The predicted molar refractivity (Wildman–Crippen MR) is 48.5 cm³/mol. The summed E-state index contributed by atoms with van der Waals surface area (Å²) in [6, 6.07) is 0. The molecule has 1 atom stereocenters. The average Bonchev–Trinajstić information content (AvgIpc) is 2.03. The van der Waals surface area contributed by atoms with Crippen LogP contribution in [0.25, 0.3) is 0 Å². The molecule has 0 saturated carbocycles. The van der Waals surface area contributed by atoms with Gasteiger partial charge in [-0.3, -0.25) is 4.79 Å². The molecule has 0 bridgehead atoms. The minimum Gasteiger partial charge on any atom is -0.385 e. The molecule has 0 heterocycles. The Bertz CT molecular complexity index is 196. The van der Waals surface area contributed by atoms with Crippen molar-refractivity contribution in [3.63, 3.8) is 0 Å². The molecule has 1 unspecified atom stereocenters. The van der Waals surface area contributed by atoms with Gasteiger partial charge in [-0.1, -0.05) is 13.8 Å². The number of aliphatic hydroxyl groups is 1. The van der Waals surface area contributed by atoms with Crippen LogP contribution in [-0.4, -0.2) is 17.0 Å². The lowest BCUT2D eigenvalue weighted by Crippen LogP contribution is -2.25. The fourth-order valence-corrected chi connectivity index (χ4v) is 0.830. The van der Waals surface area contributed by atoms with Crippen LogP contribution in [0.3, 0.4) is 0 Å². The molecule has 0 rings (SSSR count). The van der Waals surface area contributed by atoms with Crippen LogP contribution in [0.15, 0.2) is 0 Å². The van der Waals surface area contributed by atoms with Gasteiger partial charge in [0.05, 0.1) is 0 Å². The summed E-state index contributed by atoms with van der Waals surface area (Å²) >= 11 is 0. The van der Waals surface area contributed by atoms with E-state index in [9.17, 15) is 9.90 Å².